The Labute approximate surface area is 96.1 Å². The average Bonchev–Trinajstić information content (AvgIpc) is 2.77. The van der Waals surface area contributed by atoms with Gasteiger partial charge in [-0.3, -0.25) is 0 Å². The van der Waals surface area contributed by atoms with Crippen molar-refractivity contribution >= 4 is 0 Å². The van der Waals surface area contributed by atoms with Crippen LogP contribution >= 0.6 is 0 Å². The van der Waals surface area contributed by atoms with Crippen LogP contribution in [0.1, 0.15) is 31.1 Å². The molecule has 2 N–H and O–H groups in total. The van der Waals surface area contributed by atoms with Crippen molar-refractivity contribution in [1.29, 1.82) is 0 Å². The van der Waals surface area contributed by atoms with Gasteiger partial charge in [0, 0.05) is 5.56 Å². The Morgan fingerprint density at radius 3 is 2.62 bits per heavy atom. The third-order valence-electron chi connectivity index (χ3n) is 2.70. The second kappa shape index (κ2) is 4.54. The maximum atomic E-state index is 5.63. The van der Waals surface area contributed by atoms with Gasteiger partial charge in [0.1, 0.15) is 11.5 Å². The van der Waals surface area contributed by atoms with Crippen molar-refractivity contribution in [2.24, 2.45) is 5.73 Å². The second-order valence-electron chi connectivity index (χ2n) is 4.25. The van der Waals surface area contributed by atoms with Crippen molar-refractivity contribution in [2.45, 2.75) is 26.3 Å². The van der Waals surface area contributed by atoms with E-state index in [-0.39, 0.29) is 0 Å². The van der Waals surface area contributed by atoms with Gasteiger partial charge in [-0.1, -0.05) is 32.0 Å². The fourth-order valence-corrected chi connectivity index (χ4v) is 1.69. The maximum absolute atomic E-state index is 5.63. The first-order chi connectivity index (χ1) is 7.70. The maximum Gasteiger partial charge on any atom is 0.134 e. The van der Waals surface area contributed by atoms with Gasteiger partial charge in [0.05, 0.1) is 6.54 Å². The first-order valence-electron chi connectivity index (χ1n) is 5.60. The summed E-state index contributed by atoms with van der Waals surface area (Å²) in [5.41, 5.74) is 7.96. The predicted octanol–water partition coefficient (Wildman–Crippen LogP) is 3.53. The van der Waals surface area contributed by atoms with Crippen molar-refractivity contribution < 1.29 is 4.42 Å². The topological polar surface area (TPSA) is 39.2 Å². The summed E-state index contributed by atoms with van der Waals surface area (Å²) in [6.45, 7) is 4.82. The van der Waals surface area contributed by atoms with Crippen LogP contribution in [-0.2, 0) is 6.54 Å². The Morgan fingerprint density at radius 2 is 2.00 bits per heavy atom. The standard InChI is InChI=1S/C14H17NO/c1-10(2)11-4-3-5-12(8-11)14-7-6-13(9-15)16-14/h3-8,10H,9,15H2,1-2H3. The minimum absolute atomic E-state index is 0.448. The smallest absolute Gasteiger partial charge is 0.134 e. The van der Waals surface area contributed by atoms with E-state index in [9.17, 15) is 0 Å². The Hall–Kier alpha value is -1.54. The lowest BCUT2D eigenvalue weighted by Gasteiger charge is -2.06. The van der Waals surface area contributed by atoms with Crippen LogP contribution in [0.25, 0.3) is 11.3 Å². The average molecular weight is 215 g/mol. The highest BCUT2D eigenvalue weighted by Gasteiger charge is 2.05. The number of furan rings is 1. The summed E-state index contributed by atoms with van der Waals surface area (Å²) in [5.74, 6) is 2.25. The minimum atomic E-state index is 0.448. The summed E-state index contributed by atoms with van der Waals surface area (Å²) in [5, 5.41) is 0. The number of rotatable bonds is 3. The molecule has 0 amide bonds. The molecule has 84 valence electrons. The van der Waals surface area contributed by atoms with Crippen molar-refractivity contribution in [3.63, 3.8) is 0 Å². The summed E-state index contributed by atoms with van der Waals surface area (Å²) in [6, 6.07) is 12.3. The molecule has 0 radical (unpaired) electrons. The molecule has 0 aliphatic carbocycles. The van der Waals surface area contributed by atoms with E-state index >= 15 is 0 Å². The quantitative estimate of drug-likeness (QED) is 0.850. The first kappa shape index (κ1) is 11.0. The van der Waals surface area contributed by atoms with Crippen molar-refractivity contribution in [3.8, 4) is 11.3 Å². The van der Waals surface area contributed by atoms with E-state index < -0.39 is 0 Å². The van der Waals surface area contributed by atoms with Crippen molar-refractivity contribution in [2.75, 3.05) is 0 Å². The largest absolute Gasteiger partial charge is 0.460 e. The lowest BCUT2D eigenvalue weighted by Crippen LogP contribution is -1.92. The minimum Gasteiger partial charge on any atom is -0.460 e. The molecule has 0 atom stereocenters. The van der Waals surface area contributed by atoms with Gasteiger partial charge < -0.3 is 10.2 Å². The molecule has 0 saturated heterocycles. The van der Waals surface area contributed by atoms with Crippen LogP contribution < -0.4 is 5.73 Å². The Kier molecular flexibility index (Phi) is 3.11. The highest BCUT2D eigenvalue weighted by molar-refractivity contribution is 5.58. The van der Waals surface area contributed by atoms with E-state index in [1.165, 1.54) is 5.56 Å². The molecule has 2 rings (SSSR count). The molecule has 16 heavy (non-hydrogen) atoms. The Balaban J connectivity index is 2.36. The van der Waals surface area contributed by atoms with Gasteiger partial charge in [-0.05, 0) is 29.7 Å². The van der Waals surface area contributed by atoms with Gasteiger partial charge in [0.25, 0.3) is 0 Å². The predicted molar refractivity (Wildman–Crippen MR) is 66.1 cm³/mol. The third kappa shape index (κ3) is 2.17. The monoisotopic (exact) mass is 215 g/mol. The first-order valence-corrected chi connectivity index (χ1v) is 5.60. The van der Waals surface area contributed by atoms with Crippen LogP contribution in [0, 0.1) is 0 Å². The van der Waals surface area contributed by atoms with Crippen LogP contribution in [0.4, 0.5) is 0 Å². The van der Waals surface area contributed by atoms with E-state index in [0.717, 1.165) is 17.1 Å². The molecule has 2 heteroatoms. The van der Waals surface area contributed by atoms with Gasteiger partial charge in [0.2, 0.25) is 0 Å². The Bertz CT molecular complexity index is 471. The summed E-state index contributed by atoms with van der Waals surface area (Å²) >= 11 is 0. The van der Waals surface area contributed by atoms with Crippen LogP contribution in [0.2, 0.25) is 0 Å². The van der Waals surface area contributed by atoms with Gasteiger partial charge >= 0.3 is 0 Å². The summed E-state index contributed by atoms with van der Waals surface area (Å²) in [7, 11) is 0. The molecule has 1 aromatic carbocycles. The molecule has 0 unspecified atom stereocenters. The number of hydrogen-bond donors (Lipinski definition) is 1. The molecular weight excluding hydrogens is 198 g/mol. The Morgan fingerprint density at radius 1 is 1.19 bits per heavy atom. The van der Waals surface area contributed by atoms with E-state index in [0.29, 0.717) is 12.5 Å². The summed E-state index contributed by atoms with van der Waals surface area (Å²) in [6.07, 6.45) is 0. The lowest BCUT2D eigenvalue weighted by molar-refractivity contribution is 0.525. The van der Waals surface area contributed by atoms with Gasteiger partial charge in [-0.15, -0.1) is 0 Å². The van der Waals surface area contributed by atoms with Gasteiger partial charge in [-0.25, -0.2) is 0 Å². The fourth-order valence-electron chi connectivity index (χ4n) is 1.69. The summed E-state index contributed by atoms with van der Waals surface area (Å²) in [4.78, 5) is 0. The molecular formula is C14H17NO. The van der Waals surface area contributed by atoms with E-state index in [2.05, 4.69) is 38.1 Å². The lowest BCUT2D eigenvalue weighted by atomic mass is 10.0. The van der Waals surface area contributed by atoms with E-state index in [1.54, 1.807) is 0 Å². The molecule has 2 aromatic rings. The third-order valence-corrected chi connectivity index (χ3v) is 2.70. The molecule has 2 nitrogen and oxygen atoms in total. The van der Waals surface area contributed by atoms with E-state index in [1.807, 2.05) is 12.1 Å². The molecule has 0 spiro atoms. The molecule has 0 fully saturated rings. The van der Waals surface area contributed by atoms with Crippen LogP contribution in [-0.4, -0.2) is 0 Å². The fraction of sp³-hybridized carbons (Fsp3) is 0.286. The number of nitrogens with two attached hydrogens (primary N) is 1. The van der Waals surface area contributed by atoms with E-state index in [4.69, 9.17) is 10.2 Å². The number of benzene rings is 1. The van der Waals surface area contributed by atoms with Crippen molar-refractivity contribution in [1.82, 2.24) is 0 Å². The second-order valence-corrected chi connectivity index (χ2v) is 4.25. The van der Waals surface area contributed by atoms with Gasteiger partial charge in [0.15, 0.2) is 0 Å². The van der Waals surface area contributed by atoms with Gasteiger partial charge in [-0.2, -0.15) is 0 Å². The molecule has 0 saturated carbocycles. The molecule has 0 bridgehead atoms. The highest BCUT2D eigenvalue weighted by atomic mass is 16.3. The van der Waals surface area contributed by atoms with Crippen molar-refractivity contribution in [3.05, 3.63) is 47.7 Å². The van der Waals surface area contributed by atoms with Crippen LogP contribution in [0.3, 0.4) is 0 Å². The zero-order valence-electron chi connectivity index (χ0n) is 9.73. The zero-order valence-corrected chi connectivity index (χ0v) is 9.73. The van der Waals surface area contributed by atoms with Crippen LogP contribution in [0.15, 0.2) is 40.8 Å². The number of hydrogen-bond acceptors (Lipinski definition) is 2. The molecule has 0 aliphatic heterocycles. The zero-order chi connectivity index (χ0) is 11.5. The molecule has 1 aromatic heterocycles. The summed E-state index contributed by atoms with van der Waals surface area (Å²) < 4.78 is 5.63. The molecule has 0 aliphatic rings. The molecule has 1 heterocycles. The van der Waals surface area contributed by atoms with Crippen LogP contribution in [0.5, 0.6) is 0 Å². The normalized spacial score (nSPS) is 11.0. The SMILES string of the molecule is CC(C)c1cccc(-c2ccc(CN)o2)c1. The highest BCUT2D eigenvalue weighted by Crippen LogP contribution is 2.25.